The molecule has 1 aromatic carbocycles. The summed E-state index contributed by atoms with van der Waals surface area (Å²) in [6, 6.07) is 7.15. The summed E-state index contributed by atoms with van der Waals surface area (Å²) in [5.41, 5.74) is 2.58. The van der Waals surface area contributed by atoms with E-state index in [2.05, 4.69) is 18.8 Å². The van der Waals surface area contributed by atoms with Crippen LogP contribution in [-0.4, -0.2) is 15.3 Å². The molecule has 21 heavy (non-hydrogen) atoms. The van der Waals surface area contributed by atoms with E-state index < -0.39 is 0 Å². The van der Waals surface area contributed by atoms with Gasteiger partial charge in [0, 0.05) is 12.1 Å². The van der Waals surface area contributed by atoms with Crippen LogP contribution in [0.25, 0.3) is 5.69 Å². The Morgan fingerprint density at radius 1 is 1.38 bits per heavy atom. The Hall–Kier alpha value is -2.12. The van der Waals surface area contributed by atoms with Crippen LogP contribution in [0.5, 0.6) is 0 Å². The first kappa shape index (κ1) is 13.8. The molecule has 1 heterocycles. The fourth-order valence-electron chi connectivity index (χ4n) is 2.78. The van der Waals surface area contributed by atoms with Crippen molar-refractivity contribution in [3.8, 4) is 11.8 Å². The standard InChI is InChI=1S/C16H14ClN3O/c1-16(2)6-13-15(14(21)7-16)20(9-19-13)11-4-3-10(8-18)12(17)5-11/h3-5,9H,6-7H2,1-2H3. The van der Waals surface area contributed by atoms with Gasteiger partial charge in [0.2, 0.25) is 0 Å². The van der Waals surface area contributed by atoms with Crippen LogP contribution in [-0.2, 0) is 6.42 Å². The maximum atomic E-state index is 12.4. The number of carbonyl (C=O) groups is 1. The number of ketones is 1. The zero-order chi connectivity index (χ0) is 15.2. The van der Waals surface area contributed by atoms with E-state index >= 15 is 0 Å². The molecule has 0 radical (unpaired) electrons. The van der Waals surface area contributed by atoms with Crippen molar-refractivity contribution in [2.24, 2.45) is 5.41 Å². The van der Waals surface area contributed by atoms with Gasteiger partial charge in [-0.05, 0) is 30.0 Å². The summed E-state index contributed by atoms with van der Waals surface area (Å²) < 4.78 is 1.76. The van der Waals surface area contributed by atoms with Gasteiger partial charge in [-0.3, -0.25) is 9.36 Å². The number of benzene rings is 1. The number of nitrogens with zero attached hydrogens (tertiary/aromatic N) is 3. The third-order valence-electron chi connectivity index (χ3n) is 3.74. The number of aromatic nitrogens is 2. The van der Waals surface area contributed by atoms with Crippen molar-refractivity contribution in [3.63, 3.8) is 0 Å². The third-order valence-corrected chi connectivity index (χ3v) is 4.06. The average Bonchev–Trinajstić information content (AvgIpc) is 2.81. The number of hydrogen-bond donors (Lipinski definition) is 0. The normalized spacial score (nSPS) is 16.4. The molecule has 1 aliphatic rings. The van der Waals surface area contributed by atoms with Gasteiger partial charge < -0.3 is 0 Å². The molecule has 0 amide bonds. The minimum absolute atomic E-state index is 0.0500. The second-order valence-electron chi connectivity index (χ2n) is 6.13. The van der Waals surface area contributed by atoms with E-state index in [1.807, 2.05) is 6.07 Å². The molecule has 1 aromatic heterocycles. The zero-order valence-corrected chi connectivity index (χ0v) is 12.6. The Morgan fingerprint density at radius 2 is 2.14 bits per heavy atom. The molecule has 3 rings (SSSR count). The Balaban J connectivity index is 2.11. The number of fused-ring (bicyclic) bond motifs is 1. The van der Waals surface area contributed by atoms with E-state index in [1.165, 1.54) is 0 Å². The van der Waals surface area contributed by atoms with E-state index in [1.54, 1.807) is 29.1 Å². The molecule has 106 valence electrons. The van der Waals surface area contributed by atoms with E-state index in [0.29, 0.717) is 22.7 Å². The molecule has 4 nitrogen and oxygen atoms in total. The van der Waals surface area contributed by atoms with Crippen LogP contribution < -0.4 is 0 Å². The van der Waals surface area contributed by atoms with Crippen molar-refractivity contribution in [2.45, 2.75) is 26.7 Å². The van der Waals surface area contributed by atoms with Gasteiger partial charge >= 0.3 is 0 Å². The summed E-state index contributed by atoms with van der Waals surface area (Å²) in [6.07, 6.45) is 2.95. The number of imidazole rings is 1. The molecular weight excluding hydrogens is 286 g/mol. The number of nitriles is 1. The smallest absolute Gasteiger partial charge is 0.182 e. The van der Waals surface area contributed by atoms with E-state index in [4.69, 9.17) is 16.9 Å². The second kappa shape index (κ2) is 4.71. The van der Waals surface area contributed by atoms with Gasteiger partial charge in [0.05, 0.1) is 16.3 Å². The second-order valence-corrected chi connectivity index (χ2v) is 6.53. The lowest BCUT2D eigenvalue weighted by molar-refractivity contribution is 0.0904. The largest absolute Gasteiger partial charge is 0.296 e. The van der Waals surface area contributed by atoms with Crippen LogP contribution >= 0.6 is 11.6 Å². The van der Waals surface area contributed by atoms with Crippen molar-refractivity contribution in [3.05, 3.63) is 46.5 Å². The summed E-state index contributed by atoms with van der Waals surface area (Å²) in [6.45, 7) is 4.15. The van der Waals surface area contributed by atoms with Crippen LogP contribution in [0.4, 0.5) is 0 Å². The number of carbonyl (C=O) groups excluding carboxylic acids is 1. The molecule has 1 aliphatic carbocycles. The van der Waals surface area contributed by atoms with Crippen molar-refractivity contribution < 1.29 is 4.79 Å². The minimum atomic E-state index is -0.0500. The van der Waals surface area contributed by atoms with Gasteiger partial charge in [-0.15, -0.1) is 0 Å². The first-order chi connectivity index (χ1) is 9.91. The number of rotatable bonds is 1. The molecule has 2 aromatic rings. The van der Waals surface area contributed by atoms with Crippen LogP contribution in [0.1, 0.15) is 42.0 Å². The molecule has 0 atom stereocenters. The van der Waals surface area contributed by atoms with E-state index in [0.717, 1.165) is 17.8 Å². The molecule has 0 spiro atoms. The van der Waals surface area contributed by atoms with Gasteiger partial charge in [-0.25, -0.2) is 4.98 Å². The molecule has 0 aliphatic heterocycles. The number of Topliss-reactive ketones (excluding diaryl/α,β-unsaturated/α-hetero) is 1. The Bertz CT molecular complexity index is 783. The first-order valence-corrected chi connectivity index (χ1v) is 7.08. The van der Waals surface area contributed by atoms with E-state index in [9.17, 15) is 4.79 Å². The Morgan fingerprint density at radius 3 is 2.81 bits per heavy atom. The van der Waals surface area contributed by atoms with Gasteiger partial charge in [0.15, 0.2) is 5.78 Å². The highest BCUT2D eigenvalue weighted by molar-refractivity contribution is 6.31. The molecular formula is C16H14ClN3O. The third kappa shape index (κ3) is 2.34. The topological polar surface area (TPSA) is 58.7 Å². The molecule has 0 saturated heterocycles. The lowest BCUT2D eigenvalue weighted by atomic mass is 9.77. The van der Waals surface area contributed by atoms with E-state index in [-0.39, 0.29) is 11.2 Å². The fraction of sp³-hybridized carbons (Fsp3) is 0.312. The minimum Gasteiger partial charge on any atom is -0.296 e. The SMILES string of the molecule is CC1(C)CC(=O)c2c(ncn2-c2ccc(C#N)c(Cl)c2)C1. The Labute approximate surface area is 128 Å². The predicted molar refractivity (Wildman–Crippen MR) is 79.7 cm³/mol. The van der Waals surface area contributed by atoms with Crippen LogP contribution in [0.15, 0.2) is 24.5 Å². The molecule has 0 saturated carbocycles. The maximum absolute atomic E-state index is 12.4. The number of halogens is 1. The zero-order valence-electron chi connectivity index (χ0n) is 11.9. The maximum Gasteiger partial charge on any atom is 0.182 e. The highest BCUT2D eigenvalue weighted by Crippen LogP contribution is 2.35. The summed E-state index contributed by atoms with van der Waals surface area (Å²) in [7, 11) is 0. The van der Waals surface area contributed by atoms with Gasteiger partial charge in [0.25, 0.3) is 0 Å². The lowest BCUT2D eigenvalue weighted by Gasteiger charge is -2.28. The number of hydrogen-bond acceptors (Lipinski definition) is 3. The van der Waals surface area contributed by atoms with Crippen molar-refractivity contribution in [2.75, 3.05) is 0 Å². The Kier molecular flexibility index (Phi) is 3.11. The molecule has 0 bridgehead atoms. The molecule has 0 fully saturated rings. The van der Waals surface area contributed by atoms with Crippen LogP contribution in [0, 0.1) is 16.7 Å². The van der Waals surface area contributed by atoms with Crippen molar-refractivity contribution in [1.29, 1.82) is 5.26 Å². The van der Waals surface area contributed by atoms with Crippen LogP contribution in [0.2, 0.25) is 5.02 Å². The predicted octanol–water partition coefficient (Wildman–Crippen LogP) is 3.55. The van der Waals surface area contributed by atoms with Crippen LogP contribution in [0.3, 0.4) is 0 Å². The first-order valence-electron chi connectivity index (χ1n) is 6.71. The van der Waals surface area contributed by atoms with Gasteiger partial charge in [-0.2, -0.15) is 5.26 Å². The molecule has 5 heteroatoms. The molecule has 0 unspecified atom stereocenters. The summed E-state index contributed by atoms with van der Waals surface area (Å²) >= 11 is 6.07. The monoisotopic (exact) mass is 299 g/mol. The fourth-order valence-corrected chi connectivity index (χ4v) is 3.00. The highest BCUT2D eigenvalue weighted by Gasteiger charge is 2.34. The quantitative estimate of drug-likeness (QED) is 0.809. The van der Waals surface area contributed by atoms with Crippen molar-refractivity contribution in [1.82, 2.24) is 9.55 Å². The van der Waals surface area contributed by atoms with Gasteiger partial charge in [0.1, 0.15) is 18.1 Å². The average molecular weight is 300 g/mol. The lowest BCUT2D eigenvalue weighted by Crippen LogP contribution is -2.28. The van der Waals surface area contributed by atoms with Crippen molar-refractivity contribution >= 4 is 17.4 Å². The highest BCUT2D eigenvalue weighted by atomic mass is 35.5. The summed E-state index contributed by atoms with van der Waals surface area (Å²) in [5, 5.41) is 9.30. The summed E-state index contributed by atoms with van der Waals surface area (Å²) in [5.74, 6) is 0.0965. The summed E-state index contributed by atoms with van der Waals surface area (Å²) in [4.78, 5) is 16.8. The van der Waals surface area contributed by atoms with Gasteiger partial charge in [-0.1, -0.05) is 25.4 Å². The molecule has 0 N–H and O–H groups in total.